The summed E-state index contributed by atoms with van der Waals surface area (Å²) >= 11 is 0. The van der Waals surface area contributed by atoms with Crippen LogP contribution < -0.4 is 4.74 Å². The SMILES string of the molecule is CCN(C)C(=O)COc1ccc(-c2ccc(O)c(C)c2)c2ccccc12. The molecule has 0 aromatic heterocycles. The van der Waals surface area contributed by atoms with Gasteiger partial charge in [-0.2, -0.15) is 0 Å². The van der Waals surface area contributed by atoms with Crippen LogP contribution in [0.2, 0.25) is 0 Å². The van der Waals surface area contributed by atoms with Gasteiger partial charge in [-0.3, -0.25) is 4.79 Å². The van der Waals surface area contributed by atoms with Gasteiger partial charge in [0.25, 0.3) is 5.91 Å². The third-order valence-electron chi connectivity index (χ3n) is 4.64. The molecule has 3 rings (SSSR count). The molecular weight excluding hydrogens is 326 g/mol. The van der Waals surface area contributed by atoms with Crippen molar-refractivity contribution in [1.29, 1.82) is 0 Å². The van der Waals surface area contributed by atoms with Crippen molar-refractivity contribution in [3.63, 3.8) is 0 Å². The molecule has 0 fully saturated rings. The standard InChI is InChI=1S/C22H23NO3/c1-4-23(3)22(25)14-26-21-12-10-17(18-7-5-6-8-19(18)21)16-9-11-20(24)15(2)13-16/h5-13,24H,4,14H2,1-3H3. The van der Waals surface area contributed by atoms with Gasteiger partial charge >= 0.3 is 0 Å². The maximum absolute atomic E-state index is 12.0. The van der Waals surface area contributed by atoms with Crippen molar-refractivity contribution in [2.45, 2.75) is 13.8 Å². The van der Waals surface area contributed by atoms with Crippen molar-refractivity contribution in [3.05, 3.63) is 60.2 Å². The van der Waals surface area contributed by atoms with Crippen LogP contribution in [0.15, 0.2) is 54.6 Å². The Kier molecular flexibility index (Phi) is 5.12. The molecule has 0 saturated carbocycles. The summed E-state index contributed by atoms with van der Waals surface area (Å²) in [5.41, 5.74) is 2.93. The number of carbonyl (C=O) groups excluding carboxylic acids is 1. The lowest BCUT2D eigenvalue weighted by molar-refractivity contribution is -0.131. The molecule has 0 spiro atoms. The molecule has 0 aliphatic heterocycles. The first-order valence-electron chi connectivity index (χ1n) is 8.69. The summed E-state index contributed by atoms with van der Waals surface area (Å²) in [5, 5.41) is 11.8. The second-order valence-corrected chi connectivity index (χ2v) is 6.35. The normalized spacial score (nSPS) is 10.7. The molecule has 1 N–H and O–H groups in total. The van der Waals surface area contributed by atoms with Crippen LogP contribution in [0.25, 0.3) is 21.9 Å². The summed E-state index contributed by atoms with van der Waals surface area (Å²) < 4.78 is 5.81. The van der Waals surface area contributed by atoms with Gasteiger partial charge in [0, 0.05) is 19.0 Å². The molecule has 3 aromatic carbocycles. The van der Waals surface area contributed by atoms with Crippen LogP contribution in [-0.2, 0) is 4.79 Å². The van der Waals surface area contributed by atoms with Crippen LogP contribution in [-0.4, -0.2) is 36.1 Å². The molecule has 0 bridgehead atoms. The number of hydrogen-bond acceptors (Lipinski definition) is 3. The van der Waals surface area contributed by atoms with Gasteiger partial charge in [0.2, 0.25) is 0 Å². The van der Waals surface area contributed by atoms with E-state index in [-0.39, 0.29) is 18.3 Å². The topological polar surface area (TPSA) is 49.8 Å². The van der Waals surface area contributed by atoms with E-state index in [4.69, 9.17) is 4.74 Å². The number of aryl methyl sites for hydroxylation is 1. The number of nitrogens with zero attached hydrogens (tertiary/aromatic N) is 1. The first-order chi connectivity index (χ1) is 12.5. The average molecular weight is 349 g/mol. The maximum atomic E-state index is 12.0. The third-order valence-corrected chi connectivity index (χ3v) is 4.64. The minimum Gasteiger partial charge on any atom is -0.508 e. The van der Waals surface area contributed by atoms with Crippen molar-refractivity contribution in [2.24, 2.45) is 0 Å². The van der Waals surface area contributed by atoms with Crippen LogP contribution in [0.3, 0.4) is 0 Å². The molecule has 0 aliphatic carbocycles. The number of fused-ring (bicyclic) bond motifs is 1. The molecule has 0 heterocycles. The minimum absolute atomic E-state index is 0.0198. The van der Waals surface area contributed by atoms with E-state index in [9.17, 15) is 9.90 Å². The Hall–Kier alpha value is -3.01. The summed E-state index contributed by atoms with van der Waals surface area (Å²) in [6.07, 6.45) is 0. The average Bonchev–Trinajstić information content (AvgIpc) is 2.67. The predicted octanol–water partition coefficient (Wildman–Crippen LogP) is 4.38. The highest BCUT2D eigenvalue weighted by molar-refractivity contribution is 6.00. The highest BCUT2D eigenvalue weighted by Crippen LogP contribution is 2.35. The molecule has 4 heteroatoms. The molecule has 0 saturated heterocycles. The highest BCUT2D eigenvalue weighted by atomic mass is 16.5. The number of phenolic OH excluding ortho intramolecular Hbond substituents is 1. The van der Waals surface area contributed by atoms with Crippen LogP contribution in [0.1, 0.15) is 12.5 Å². The molecule has 0 unspecified atom stereocenters. The largest absolute Gasteiger partial charge is 0.508 e. The maximum Gasteiger partial charge on any atom is 0.260 e. The molecule has 4 nitrogen and oxygen atoms in total. The van der Waals surface area contributed by atoms with E-state index in [0.29, 0.717) is 12.3 Å². The monoisotopic (exact) mass is 349 g/mol. The van der Waals surface area contributed by atoms with Gasteiger partial charge in [0.05, 0.1) is 0 Å². The predicted molar refractivity (Wildman–Crippen MR) is 105 cm³/mol. The zero-order chi connectivity index (χ0) is 18.7. The number of carbonyl (C=O) groups is 1. The Bertz CT molecular complexity index is 949. The number of benzene rings is 3. The summed E-state index contributed by atoms with van der Waals surface area (Å²) in [4.78, 5) is 13.7. The van der Waals surface area contributed by atoms with E-state index >= 15 is 0 Å². The second kappa shape index (κ2) is 7.48. The highest BCUT2D eigenvalue weighted by Gasteiger charge is 2.12. The number of amides is 1. The van der Waals surface area contributed by atoms with Gasteiger partial charge in [0.1, 0.15) is 11.5 Å². The van der Waals surface area contributed by atoms with Gasteiger partial charge in [-0.1, -0.05) is 36.4 Å². The molecule has 0 radical (unpaired) electrons. The fraction of sp³-hybridized carbons (Fsp3) is 0.227. The van der Waals surface area contributed by atoms with Crippen LogP contribution in [0.4, 0.5) is 0 Å². The Morgan fingerprint density at radius 3 is 2.50 bits per heavy atom. The van der Waals surface area contributed by atoms with Crippen LogP contribution in [0, 0.1) is 6.92 Å². The second-order valence-electron chi connectivity index (χ2n) is 6.35. The summed E-state index contributed by atoms with van der Waals surface area (Å²) in [6, 6.07) is 17.5. The van der Waals surface area contributed by atoms with Gasteiger partial charge in [-0.05, 0) is 54.1 Å². The first kappa shape index (κ1) is 17.8. The van der Waals surface area contributed by atoms with Crippen molar-refractivity contribution >= 4 is 16.7 Å². The molecule has 1 amide bonds. The number of ether oxygens (including phenoxy) is 1. The molecular formula is C22H23NO3. The lowest BCUT2D eigenvalue weighted by Gasteiger charge is -2.16. The summed E-state index contributed by atoms with van der Waals surface area (Å²) in [6.45, 7) is 4.49. The fourth-order valence-corrected chi connectivity index (χ4v) is 2.90. The lowest BCUT2D eigenvalue weighted by Crippen LogP contribution is -2.31. The van der Waals surface area contributed by atoms with E-state index < -0.39 is 0 Å². The molecule has 0 atom stereocenters. The van der Waals surface area contributed by atoms with E-state index in [1.165, 1.54) is 0 Å². The van der Waals surface area contributed by atoms with Crippen molar-refractivity contribution < 1.29 is 14.6 Å². The van der Waals surface area contributed by atoms with E-state index in [1.807, 2.05) is 62.4 Å². The van der Waals surface area contributed by atoms with E-state index in [1.54, 1.807) is 18.0 Å². The molecule has 3 aromatic rings. The van der Waals surface area contributed by atoms with Crippen molar-refractivity contribution in [1.82, 2.24) is 4.90 Å². The summed E-state index contributed by atoms with van der Waals surface area (Å²) in [5.74, 6) is 0.934. The van der Waals surface area contributed by atoms with Gasteiger partial charge in [-0.25, -0.2) is 0 Å². The summed E-state index contributed by atoms with van der Waals surface area (Å²) in [7, 11) is 1.76. The third kappa shape index (κ3) is 3.49. The van der Waals surface area contributed by atoms with Gasteiger partial charge < -0.3 is 14.7 Å². The number of likely N-dealkylation sites (N-methyl/N-ethyl adjacent to an activating group) is 1. The number of hydrogen-bond donors (Lipinski definition) is 1. The smallest absolute Gasteiger partial charge is 0.260 e. The van der Waals surface area contributed by atoms with E-state index in [0.717, 1.165) is 27.5 Å². The van der Waals surface area contributed by atoms with Crippen molar-refractivity contribution in [3.8, 4) is 22.6 Å². The quantitative estimate of drug-likeness (QED) is 0.744. The number of phenols is 1. The molecule has 134 valence electrons. The first-order valence-corrected chi connectivity index (χ1v) is 8.69. The van der Waals surface area contributed by atoms with Crippen LogP contribution in [0.5, 0.6) is 11.5 Å². The molecule has 0 aliphatic rings. The molecule has 26 heavy (non-hydrogen) atoms. The lowest BCUT2D eigenvalue weighted by atomic mass is 9.96. The zero-order valence-corrected chi connectivity index (χ0v) is 15.3. The van der Waals surface area contributed by atoms with Gasteiger partial charge in [0.15, 0.2) is 6.61 Å². The Morgan fingerprint density at radius 1 is 1.08 bits per heavy atom. The Morgan fingerprint density at radius 2 is 1.81 bits per heavy atom. The van der Waals surface area contributed by atoms with Crippen molar-refractivity contribution in [2.75, 3.05) is 20.2 Å². The number of rotatable bonds is 5. The number of aromatic hydroxyl groups is 1. The van der Waals surface area contributed by atoms with Gasteiger partial charge in [-0.15, -0.1) is 0 Å². The Balaban J connectivity index is 1.99. The minimum atomic E-state index is -0.0465. The van der Waals surface area contributed by atoms with E-state index in [2.05, 4.69) is 0 Å². The Labute approximate surface area is 153 Å². The van der Waals surface area contributed by atoms with Crippen LogP contribution >= 0.6 is 0 Å². The zero-order valence-electron chi connectivity index (χ0n) is 15.3. The fourth-order valence-electron chi connectivity index (χ4n) is 2.90.